The van der Waals surface area contributed by atoms with Crippen LogP contribution in [0.5, 0.6) is 5.75 Å². The van der Waals surface area contributed by atoms with E-state index in [0.717, 1.165) is 38.9 Å². The number of phenols is 1. The molecule has 0 aliphatic carbocycles. The molecule has 2 fully saturated rings. The molecule has 16 heteroatoms. The first kappa shape index (κ1) is 44.6. The van der Waals surface area contributed by atoms with Crippen molar-refractivity contribution in [2.45, 2.75) is 97.9 Å². The van der Waals surface area contributed by atoms with Gasteiger partial charge in [0.2, 0.25) is 16.7 Å². The number of aromatic nitrogens is 2. The highest BCUT2D eigenvalue weighted by molar-refractivity contribution is 5.96. The molecule has 0 spiro atoms. The lowest BCUT2D eigenvalue weighted by Gasteiger charge is -2.35. The van der Waals surface area contributed by atoms with Crippen molar-refractivity contribution in [3.63, 3.8) is 0 Å². The van der Waals surface area contributed by atoms with Crippen LogP contribution in [0.3, 0.4) is 0 Å². The van der Waals surface area contributed by atoms with E-state index in [1.807, 2.05) is 24.4 Å². The normalized spacial score (nSPS) is 22.3. The Hall–Kier alpha value is -5.45. The predicted octanol–water partition coefficient (Wildman–Crippen LogP) is 5.06. The fraction of sp³-hybridized carbons (Fsp3) is 0.522. The first-order chi connectivity index (χ1) is 29.6. The Morgan fingerprint density at radius 2 is 1.95 bits per heavy atom. The molecule has 2 saturated heterocycles. The molecule has 3 amide bonds. The van der Waals surface area contributed by atoms with Crippen LogP contribution in [-0.4, -0.2) is 112 Å². The average molecular weight is 856 g/mol. The van der Waals surface area contributed by atoms with Gasteiger partial charge >= 0.3 is 6.17 Å². The van der Waals surface area contributed by atoms with E-state index in [0.29, 0.717) is 48.5 Å². The first-order valence-corrected chi connectivity index (χ1v) is 21.6. The number of likely N-dealkylation sites (N-methyl/N-ethyl adjacent to an activating group) is 1. The number of aromatic hydroxyl groups is 1. The highest BCUT2D eigenvalue weighted by atomic mass is 19.1. The Balaban J connectivity index is 1.33. The van der Waals surface area contributed by atoms with Gasteiger partial charge in [-0.2, -0.15) is 5.43 Å². The van der Waals surface area contributed by atoms with Crippen LogP contribution in [0.1, 0.15) is 64.2 Å². The van der Waals surface area contributed by atoms with Crippen molar-refractivity contribution in [1.29, 1.82) is 0 Å². The molecule has 332 valence electrons. The number of carbonyl (C=O) groups is 3. The number of nitrogens with one attached hydrogen (secondary N) is 3. The third-order valence-corrected chi connectivity index (χ3v) is 12.4. The maximum atomic E-state index is 14.7. The molecule has 4 aromatic rings. The van der Waals surface area contributed by atoms with Gasteiger partial charge in [-0.25, -0.2) is 9.23 Å². The van der Waals surface area contributed by atoms with Gasteiger partial charge in [-0.05, 0) is 83.8 Å². The van der Waals surface area contributed by atoms with E-state index in [-0.39, 0.29) is 38.4 Å². The molecule has 6 bridgehead atoms. The van der Waals surface area contributed by atoms with Gasteiger partial charge in [0.15, 0.2) is 6.61 Å². The Labute approximate surface area is 361 Å². The van der Waals surface area contributed by atoms with E-state index >= 15 is 0 Å². The van der Waals surface area contributed by atoms with Crippen molar-refractivity contribution < 1.29 is 38.4 Å². The van der Waals surface area contributed by atoms with E-state index in [2.05, 4.69) is 58.5 Å². The van der Waals surface area contributed by atoms with Crippen molar-refractivity contribution in [3.8, 4) is 28.1 Å². The van der Waals surface area contributed by atoms with Crippen LogP contribution in [0, 0.1) is 22.2 Å². The van der Waals surface area contributed by atoms with Crippen LogP contribution in [0.4, 0.5) is 4.39 Å². The van der Waals surface area contributed by atoms with Gasteiger partial charge in [0.05, 0.1) is 23.1 Å². The van der Waals surface area contributed by atoms with Crippen molar-refractivity contribution in [3.05, 3.63) is 76.5 Å². The maximum absolute atomic E-state index is 14.7. The zero-order valence-electron chi connectivity index (χ0n) is 36.7. The largest absolute Gasteiger partial charge is 0.508 e. The number of pyridine rings is 1. The van der Waals surface area contributed by atoms with Gasteiger partial charge in [-0.1, -0.05) is 39.8 Å². The Morgan fingerprint density at radius 1 is 1.16 bits per heavy atom. The van der Waals surface area contributed by atoms with Crippen molar-refractivity contribution in [1.82, 2.24) is 35.5 Å². The molecular formula is C46H60FN8O7+. The Morgan fingerprint density at radius 3 is 2.66 bits per heavy atom. The van der Waals surface area contributed by atoms with E-state index in [9.17, 15) is 28.8 Å². The van der Waals surface area contributed by atoms with Crippen LogP contribution in [0.2, 0.25) is 0 Å². The lowest BCUT2D eigenvalue weighted by atomic mass is 9.84. The maximum Gasteiger partial charge on any atom is 0.326 e. The number of rotatable bonds is 9. The highest BCUT2D eigenvalue weighted by Gasteiger charge is 2.42. The molecular weight excluding hydrogens is 796 g/mol. The minimum Gasteiger partial charge on any atom is -0.508 e. The minimum absolute atomic E-state index is 0.0242. The third kappa shape index (κ3) is 9.18. The number of aryl methyl sites for hydroxylation is 1. The molecule has 5 heterocycles. The van der Waals surface area contributed by atoms with Crippen LogP contribution < -0.4 is 16.1 Å². The van der Waals surface area contributed by atoms with Gasteiger partial charge in [0.25, 0.3) is 5.91 Å². The van der Waals surface area contributed by atoms with Crippen LogP contribution in [0.25, 0.3) is 33.3 Å². The number of alkyl halides is 1. The molecule has 3 aliphatic heterocycles. The molecule has 4 N–H and O–H groups in total. The molecule has 62 heavy (non-hydrogen) atoms. The van der Waals surface area contributed by atoms with E-state index in [1.165, 1.54) is 17.0 Å². The van der Waals surface area contributed by atoms with Gasteiger partial charge in [-0.3, -0.25) is 24.4 Å². The summed E-state index contributed by atoms with van der Waals surface area (Å²) in [5, 5.41) is 19.4. The smallest absolute Gasteiger partial charge is 0.326 e. The quantitative estimate of drug-likeness (QED) is 0.179. The number of nitrogens with zero attached hydrogens (tertiary/aromatic N) is 5. The molecule has 0 unspecified atom stereocenters. The summed E-state index contributed by atoms with van der Waals surface area (Å²) in [6.07, 6.45) is 2.71. The summed E-state index contributed by atoms with van der Waals surface area (Å²) in [6.45, 7) is 11.4. The predicted molar refractivity (Wildman–Crippen MR) is 232 cm³/mol. The second-order valence-corrected chi connectivity index (χ2v) is 18.0. The summed E-state index contributed by atoms with van der Waals surface area (Å²) in [6, 6.07) is 11.1. The number of fused-ring (bicyclic) bond motifs is 6. The fourth-order valence-electron chi connectivity index (χ4n) is 9.33. The summed E-state index contributed by atoms with van der Waals surface area (Å²) in [4.78, 5) is 68.5. The number of halogens is 1. The number of methoxy groups -OCH3 is 1. The summed E-state index contributed by atoms with van der Waals surface area (Å²) < 4.78 is 22.6. The number of carbonyl (C=O) groups excluding carboxylic acids is 3. The SMILES string of the molecule is CCn1c(-c2cnccc2COC)c2c3cc(ccc31)-c1cc(O)cc(c1)C[C@H](NC(=O)[C@H](C(C)C)N(C)C(=O)[C@@H]1CNC[C@@H]1F)C(=O)N1CCC[C@H](N1)[N+](=O)OCC(C)(C)C2. The zero-order chi connectivity index (χ0) is 44.5. The molecule has 7 rings (SSSR count). The van der Waals surface area contributed by atoms with Crippen molar-refractivity contribution >= 4 is 28.6 Å². The lowest BCUT2D eigenvalue weighted by Crippen LogP contribution is -2.62. The molecule has 0 radical (unpaired) electrons. The number of amides is 3. The first-order valence-electron chi connectivity index (χ1n) is 21.6. The highest BCUT2D eigenvalue weighted by Crippen LogP contribution is 2.41. The number of ether oxygens (including phenoxy) is 1. The number of hydrazine groups is 1. The average Bonchev–Trinajstić information content (AvgIpc) is 3.81. The number of hydrogen-bond donors (Lipinski definition) is 4. The summed E-state index contributed by atoms with van der Waals surface area (Å²) in [7, 11) is 3.15. The Kier molecular flexibility index (Phi) is 13.3. The molecule has 3 aliphatic rings. The summed E-state index contributed by atoms with van der Waals surface area (Å²) in [5.41, 5.74) is 9.55. The summed E-state index contributed by atoms with van der Waals surface area (Å²) in [5.74, 6) is -2.94. The second kappa shape index (κ2) is 18.5. The molecule has 2 aromatic carbocycles. The van der Waals surface area contributed by atoms with Crippen LogP contribution in [0.15, 0.2) is 54.9 Å². The minimum atomic E-state index is -1.38. The number of benzene rings is 2. The van der Waals surface area contributed by atoms with Gasteiger partial charge < -0.3 is 29.9 Å². The molecule has 15 nitrogen and oxygen atoms in total. The second-order valence-electron chi connectivity index (χ2n) is 18.0. The van der Waals surface area contributed by atoms with Crippen molar-refractivity contribution in [2.24, 2.45) is 17.3 Å². The lowest BCUT2D eigenvalue weighted by molar-refractivity contribution is -0.835. The molecule has 5 atom stereocenters. The van der Waals surface area contributed by atoms with E-state index < -0.39 is 59.4 Å². The summed E-state index contributed by atoms with van der Waals surface area (Å²) >= 11 is 0. The topological polar surface area (TPSA) is 170 Å². The third-order valence-electron chi connectivity index (χ3n) is 12.4. The molecule has 2 aromatic heterocycles. The standard InChI is InChI=1S/C46H59FN8O7/c1-8-53-39-12-11-29-20-33(39)34(42(53)35-22-48-14-13-30(35)25-61-7)21-46(4,5)26-62-55(60)40-10-9-15-54(51-40)45(59)38(18-28-16-31(29)19-32(56)17-28)50-43(57)41(27(2)3)52(6)44(58)36-23-49-24-37(36)47/h11-14,16-17,19-20,22,27,36-38,40-41,49,51H,8-10,15,18,21,23-26H2,1-7H3,(H-,50,56,57)/p+1/t36-,37+,38+,40-,41+/m1/s1. The fourth-order valence-corrected chi connectivity index (χ4v) is 9.33. The monoisotopic (exact) mass is 855 g/mol. The molecule has 0 saturated carbocycles. The van der Waals surface area contributed by atoms with Gasteiger partial charge in [-0.15, -0.1) is 0 Å². The van der Waals surface area contributed by atoms with Crippen LogP contribution >= 0.6 is 0 Å². The van der Waals surface area contributed by atoms with Gasteiger partial charge in [0.1, 0.15) is 24.0 Å². The number of phenolic OH excluding ortho intramolecular Hbond substituents is 1. The van der Waals surface area contributed by atoms with Crippen molar-refractivity contribution in [2.75, 3.05) is 40.4 Å². The van der Waals surface area contributed by atoms with Gasteiger partial charge in [0, 0.05) is 87.5 Å². The Bertz CT molecular complexity index is 2330. The van der Waals surface area contributed by atoms with E-state index in [4.69, 9.17) is 9.57 Å². The number of hydrogen-bond acceptors (Lipinski definition) is 10. The van der Waals surface area contributed by atoms with Crippen LogP contribution in [-0.2, 0) is 50.0 Å². The zero-order valence-corrected chi connectivity index (χ0v) is 36.7. The van der Waals surface area contributed by atoms with E-state index in [1.54, 1.807) is 39.3 Å².